The Morgan fingerprint density at radius 2 is 1.74 bits per heavy atom. The molecule has 1 amide bonds. The maximum absolute atomic E-state index is 12.5. The summed E-state index contributed by atoms with van der Waals surface area (Å²) in [7, 11) is 3.22. The second-order valence-corrected chi connectivity index (χ2v) is 6.91. The van der Waals surface area contributed by atoms with Crippen LogP contribution in [0.25, 0.3) is 6.08 Å². The lowest BCUT2D eigenvalue weighted by Gasteiger charge is -2.31. The van der Waals surface area contributed by atoms with Gasteiger partial charge in [0.1, 0.15) is 0 Å². The van der Waals surface area contributed by atoms with Gasteiger partial charge in [0.25, 0.3) is 0 Å². The van der Waals surface area contributed by atoms with Crippen LogP contribution in [0.4, 0.5) is 0 Å². The first-order valence-corrected chi connectivity index (χ1v) is 9.42. The third kappa shape index (κ3) is 5.13. The van der Waals surface area contributed by atoms with Gasteiger partial charge in [0.15, 0.2) is 11.5 Å². The summed E-state index contributed by atoms with van der Waals surface area (Å²) in [5.74, 6) is 2.07. The van der Waals surface area contributed by atoms with Crippen molar-refractivity contribution in [1.82, 2.24) is 4.90 Å². The van der Waals surface area contributed by atoms with Crippen molar-refractivity contribution in [2.45, 2.75) is 19.3 Å². The number of nitrogens with zero attached hydrogens (tertiary/aromatic N) is 1. The van der Waals surface area contributed by atoms with Crippen molar-refractivity contribution in [3.8, 4) is 11.5 Å². The first-order chi connectivity index (χ1) is 13.2. The van der Waals surface area contributed by atoms with E-state index >= 15 is 0 Å². The predicted molar refractivity (Wildman–Crippen MR) is 108 cm³/mol. The molecular weight excluding hydrogens is 338 g/mol. The minimum Gasteiger partial charge on any atom is -0.493 e. The average Bonchev–Trinajstić information content (AvgIpc) is 2.73. The van der Waals surface area contributed by atoms with Gasteiger partial charge in [-0.2, -0.15) is 0 Å². The molecule has 2 aromatic rings. The van der Waals surface area contributed by atoms with Gasteiger partial charge in [-0.1, -0.05) is 36.4 Å². The summed E-state index contributed by atoms with van der Waals surface area (Å²) in [6, 6.07) is 16.2. The zero-order valence-corrected chi connectivity index (χ0v) is 16.1. The molecule has 0 spiro atoms. The van der Waals surface area contributed by atoms with Crippen LogP contribution in [0.2, 0.25) is 0 Å². The van der Waals surface area contributed by atoms with Gasteiger partial charge in [-0.25, -0.2) is 0 Å². The SMILES string of the molecule is COc1ccc(C=CC(=O)N2CCC(Cc3ccccc3)CC2)cc1OC. The van der Waals surface area contributed by atoms with Crippen LogP contribution in [0, 0.1) is 5.92 Å². The predicted octanol–water partition coefficient (Wildman–Crippen LogP) is 4.20. The molecule has 0 aromatic heterocycles. The molecule has 2 aromatic carbocycles. The van der Waals surface area contributed by atoms with E-state index in [0.717, 1.165) is 37.9 Å². The first-order valence-electron chi connectivity index (χ1n) is 9.42. The van der Waals surface area contributed by atoms with Crippen molar-refractivity contribution >= 4 is 12.0 Å². The molecule has 0 bridgehead atoms. The number of amides is 1. The lowest BCUT2D eigenvalue weighted by atomic mass is 9.90. The summed E-state index contributed by atoms with van der Waals surface area (Å²) >= 11 is 0. The second kappa shape index (κ2) is 9.26. The molecule has 0 aliphatic carbocycles. The maximum atomic E-state index is 12.5. The molecule has 1 aliphatic heterocycles. The van der Waals surface area contributed by atoms with E-state index in [0.29, 0.717) is 17.4 Å². The van der Waals surface area contributed by atoms with Crippen molar-refractivity contribution in [3.05, 3.63) is 65.7 Å². The Kier molecular flexibility index (Phi) is 6.53. The standard InChI is InChI=1S/C23H27NO3/c1-26-21-10-8-19(17-22(21)27-2)9-11-23(25)24-14-12-20(13-15-24)16-18-6-4-3-5-7-18/h3-11,17,20H,12-16H2,1-2H3. The fourth-order valence-corrected chi connectivity index (χ4v) is 3.53. The monoisotopic (exact) mass is 365 g/mol. The molecule has 4 nitrogen and oxygen atoms in total. The average molecular weight is 365 g/mol. The van der Waals surface area contributed by atoms with E-state index in [-0.39, 0.29) is 5.91 Å². The molecule has 0 N–H and O–H groups in total. The highest BCUT2D eigenvalue weighted by Crippen LogP contribution is 2.28. The molecule has 0 saturated carbocycles. The Morgan fingerprint density at radius 3 is 2.41 bits per heavy atom. The molecule has 1 saturated heterocycles. The Morgan fingerprint density at radius 1 is 1.04 bits per heavy atom. The normalized spacial score (nSPS) is 15.1. The van der Waals surface area contributed by atoms with Crippen LogP contribution in [-0.4, -0.2) is 38.1 Å². The summed E-state index contributed by atoms with van der Waals surface area (Å²) in [4.78, 5) is 14.4. The van der Waals surface area contributed by atoms with Crippen molar-refractivity contribution in [3.63, 3.8) is 0 Å². The second-order valence-electron chi connectivity index (χ2n) is 6.91. The number of carbonyl (C=O) groups excluding carboxylic acids is 1. The lowest BCUT2D eigenvalue weighted by molar-refractivity contribution is -0.127. The molecule has 0 radical (unpaired) electrons. The third-order valence-corrected chi connectivity index (χ3v) is 5.12. The number of piperidine rings is 1. The van der Waals surface area contributed by atoms with Crippen LogP contribution < -0.4 is 9.47 Å². The fourth-order valence-electron chi connectivity index (χ4n) is 3.53. The molecule has 1 aliphatic rings. The summed E-state index contributed by atoms with van der Waals surface area (Å²) in [5, 5.41) is 0. The van der Waals surface area contributed by atoms with E-state index in [1.165, 1.54) is 5.56 Å². The number of rotatable bonds is 6. The van der Waals surface area contributed by atoms with Crippen molar-refractivity contribution in [1.29, 1.82) is 0 Å². The van der Waals surface area contributed by atoms with Gasteiger partial charge >= 0.3 is 0 Å². The first kappa shape index (κ1) is 19.0. The molecule has 1 heterocycles. The summed E-state index contributed by atoms with van der Waals surface area (Å²) in [6.45, 7) is 1.65. The summed E-state index contributed by atoms with van der Waals surface area (Å²) in [5.41, 5.74) is 2.30. The molecule has 0 atom stereocenters. The van der Waals surface area contributed by atoms with Crippen LogP contribution in [0.15, 0.2) is 54.6 Å². The highest BCUT2D eigenvalue weighted by atomic mass is 16.5. The van der Waals surface area contributed by atoms with Gasteiger partial charge in [-0.05, 0) is 54.5 Å². The Bertz CT molecular complexity index is 777. The van der Waals surface area contributed by atoms with Gasteiger partial charge in [0.2, 0.25) is 5.91 Å². The van der Waals surface area contributed by atoms with Crippen LogP contribution in [0.3, 0.4) is 0 Å². The van der Waals surface area contributed by atoms with Crippen LogP contribution in [0.5, 0.6) is 11.5 Å². The number of benzene rings is 2. The van der Waals surface area contributed by atoms with E-state index in [1.54, 1.807) is 20.3 Å². The van der Waals surface area contributed by atoms with Gasteiger partial charge in [0.05, 0.1) is 14.2 Å². The minimum absolute atomic E-state index is 0.0722. The van der Waals surface area contributed by atoms with E-state index in [1.807, 2.05) is 29.2 Å². The smallest absolute Gasteiger partial charge is 0.246 e. The largest absolute Gasteiger partial charge is 0.493 e. The van der Waals surface area contributed by atoms with Crippen molar-refractivity contribution < 1.29 is 14.3 Å². The van der Waals surface area contributed by atoms with Gasteiger partial charge in [-0.3, -0.25) is 4.79 Å². The highest BCUT2D eigenvalue weighted by Gasteiger charge is 2.21. The highest BCUT2D eigenvalue weighted by molar-refractivity contribution is 5.91. The zero-order valence-electron chi connectivity index (χ0n) is 16.1. The zero-order chi connectivity index (χ0) is 19.1. The van der Waals surface area contributed by atoms with E-state index in [2.05, 4.69) is 30.3 Å². The van der Waals surface area contributed by atoms with Gasteiger partial charge < -0.3 is 14.4 Å². The third-order valence-electron chi connectivity index (χ3n) is 5.12. The van der Waals surface area contributed by atoms with Gasteiger partial charge in [0, 0.05) is 19.2 Å². The van der Waals surface area contributed by atoms with Crippen LogP contribution in [0.1, 0.15) is 24.0 Å². The van der Waals surface area contributed by atoms with E-state index in [9.17, 15) is 4.79 Å². The van der Waals surface area contributed by atoms with Crippen molar-refractivity contribution in [2.24, 2.45) is 5.92 Å². The number of carbonyl (C=O) groups is 1. The molecule has 4 heteroatoms. The molecule has 142 valence electrons. The maximum Gasteiger partial charge on any atom is 0.246 e. The lowest BCUT2D eigenvalue weighted by Crippen LogP contribution is -2.37. The van der Waals surface area contributed by atoms with Crippen LogP contribution in [-0.2, 0) is 11.2 Å². The molecule has 0 unspecified atom stereocenters. The summed E-state index contributed by atoms with van der Waals surface area (Å²) < 4.78 is 10.5. The Balaban J connectivity index is 1.53. The minimum atomic E-state index is 0.0722. The van der Waals surface area contributed by atoms with E-state index in [4.69, 9.17) is 9.47 Å². The Labute approximate surface area is 161 Å². The Hall–Kier alpha value is -2.75. The van der Waals surface area contributed by atoms with Gasteiger partial charge in [-0.15, -0.1) is 0 Å². The fraction of sp³-hybridized carbons (Fsp3) is 0.348. The number of likely N-dealkylation sites (tertiary alicyclic amines) is 1. The summed E-state index contributed by atoms with van der Waals surface area (Å²) in [6.07, 6.45) is 6.71. The molecule has 1 fully saturated rings. The molecular formula is C23H27NO3. The number of hydrogen-bond donors (Lipinski definition) is 0. The topological polar surface area (TPSA) is 38.8 Å². The molecule has 3 rings (SSSR count). The quantitative estimate of drug-likeness (QED) is 0.720. The number of hydrogen-bond acceptors (Lipinski definition) is 3. The molecule has 27 heavy (non-hydrogen) atoms. The number of methoxy groups -OCH3 is 2. The van der Waals surface area contributed by atoms with Crippen molar-refractivity contribution in [2.75, 3.05) is 27.3 Å². The number of ether oxygens (including phenoxy) is 2. The van der Waals surface area contributed by atoms with E-state index < -0.39 is 0 Å². The van der Waals surface area contributed by atoms with Crippen LogP contribution >= 0.6 is 0 Å².